The van der Waals surface area contributed by atoms with Crippen LogP contribution in [0.2, 0.25) is 0 Å². The topological polar surface area (TPSA) is 163 Å². The minimum atomic E-state index is -4.68. The fourth-order valence-electron chi connectivity index (χ4n) is 8.98. The number of likely N-dealkylation sites (tertiary alicyclic amines) is 1. The normalized spacial score (nSPS) is 22.0. The first-order valence-corrected chi connectivity index (χ1v) is 20.3. The molecule has 1 spiro atoms. The number of rotatable bonds is 10. The van der Waals surface area contributed by atoms with Crippen molar-refractivity contribution in [3.8, 4) is 23.4 Å². The summed E-state index contributed by atoms with van der Waals surface area (Å²) in [7, 11) is -1.91. The molecule has 2 aromatic carbocycles. The van der Waals surface area contributed by atoms with E-state index in [1.165, 1.54) is 69.7 Å². The van der Waals surface area contributed by atoms with Crippen LogP contribution in [-0.4, -0.2) is 83.2 Å². The first-order valence-electron chi connectivity index (χ1n) is 18.8. The van der Waals surface area contributed by atoms with Crippen molar-refractivity contribution in [2.24, 2.45) is 11.3 Å². The lowest BCUT2D eigenvalue weighted by atomic mass is 9.65. The van der Waals surface area contributed by atoms with Gasteiger partial charge in [0, 0.05) is 29.8 Å². The van der Waals surface area contributed by atoms with E-state index in [2.05, 4.69) is 26.6 Å². The van der Waals surface area contributed by atoms with Gasteiger partial charge in [0.25, 0.3) is 15.9 Å². The molecule has 2 N–H and O–H groups in total. The molecule has 13 nitrogen and oxygen atoms in total. The van der Waals surface area contributed by atoms with E-state index in [9.17, 15) is 18.5 Å². The molecule has 3 fully saturated rings. The standard InChI is InChI=1S/C40H48N6O7S/c1-4-53-37-31(6-5-19-43-37)40(44-36(47)28-11-15-39(16-12-28)17-22-45(23-18-39)29-13-20-42-21-14-29)32-24-27(26-41)7-9-33(32)46(38(40)48)54(49,50)35-10-8-30(51-2)25-34(35)52-3/h5-10,19,24-25,28-29,42H,4,11-18,20-23H2,1-3H3,(H,44,47). The molecule has 0 bridgehead atoms. The second kappa shape index (κ2) is 15.2. The molecule has 4 aliphatic rings. The van der Waals surface area contributed by atoms with Gasteiger partial charge >= 0.3 is 0 Å². The van der Waals surface area contributed by atoms with Crippen LogP contribution in [-0.2, 0) is 25.2 Å². The molecule has 1 saturated carbocycles. The van der Waals surface area contributed by atoms with Gasteiger partial charge in [0.05, 0.1) is 43.7 Å². The molecule has 7 rings (SSSR count). The van der Waals surface area contributed by atoms with Crippen LogP contribution in [0, 0.1) is 22.7 Å². The fraction of sp³-hybridized carbons (Fsp3) is 0.500. The minimum Gasteiger partial charge on any atom is -0.497 e. The Kier molecular flexibility index (Phi) is 10.6. The van der Waals surface area contributed by atoms with E-state index in [0.717, 1.165) is 51.9 Å². The molecule has 54 heavy (non-hydrogen) atoms. The SMILES string of the molecule is CCOc1ncccc1C1(NC(=O)C2CCC3(CC2)CCN(C2CCNCC2)CC3)C(=O)N(S(=O)(=O)c2ccc(OC)cc2OC)c2ccc(C#N)cc21. The number of anilines is 1. The number of hydrogen-bond donors (Lipinski definition) is 2. The third-order valence-corrected chi connectivity index (χ3v) is 13.7. The molecule has 3 aliphatic heterocycles. The number of amides is 2. The number of nitrogens with zero attached hydrogens (tertiary/aromatic N) is 4. The van der Waals surface area contributed by atoms with Crippen LogP contribution < -0.4 is 29.1 Å². The molecule has 1 aliphatic carbocycles. The van der Waals surface area contributed by atoms with Crippen LogP contribution in [0.25, 0.3) is 0 Å². The molecule has 286 valence electrons. The highest BCUT2D eigenvalue weighted by atomic mass is 32.2. The van der Waals surface area contributed by atoms with Gasteiger partial charge in [0.15, 0.2) is 5.54 Å². The Bertz CT molecular complexity index is 2050. The lowest BCUT2D eigenvalue weighted by Crippen LogP contribution is -2.56. The second-order valence-electron chi connectivity index (χ2n) is 14.8. The molecule has 4 heterocycles. The number of hydrogen-bond acceptors (Lipinski definition) is 11. The zero-order chi connectivity index (χ0) is 38.1. The second-order valence-corrected chi connectivity index (χ2v) is 16.5. The number of sulfonamides is 1. The van der Waals surface area contributed by atoms with Gasteiger partial charge in [-0.25, -0.2) is 13.4 Å². The van der Waals surface area contributed by atoms with Crippen molar-refractivity contribution in [2.45, 2.75) is 74.8 Å². The third kappa shape index (κ3) is 6.56. The summed E-state index contributed by atoms with van der Waals surface area (Å²) in [6, 6.07) is 14.5. The van der Waals surface area contributed by atoms with Gasteiger partial charge in [-0.1, -0.05) is 0 Å². The van der Waals surface area contributed by atoms with Gasteiger partial charge in [-0.3, -0.25) is 9.59 Å². The number of nitriles is 1. The Morgan fingerprint density at radius 1 is 1.00 bits per heavy atom. The van der Waals surface area contributed by atoms with Crippen LogP contribution in [0.4, 0.5) is 5.69 Å². The van der Waals surface area contributed by atoms with E-state index >= 15 is 4.79 Å². The van der Waals surface area contributed by atoms with Crippen molar-refractivity contribution in [1.82, 2.24) is 20.5 Å². The van der Waals surface area contributed by atoms with Crippen molar-refractivity contribution in [2.75, 3.05) is 51.3 Å². The van der Waals surface area contributed by atoms with Gasteiger partial charge < -0.3 is 29.7 Å². The highest BCUT2D eigenvalue weighted by Crippen LogP contribution is 2.51. The summed E-state index contributed by atoms with van der Waals surface area (Å²) < 4.78 is 46.8. The van der Waals surface area contributed by atoms with Gasteiger partial charge in [-0.15, -0.1) is 0 Å². The molecule has 2 amide bonds. The van der Waals surface area contributed by atoms with Crippen LogP contribution in [0.1, 0.15) is 75.0 Å². The average molecular weight is 757 g/mol. The summed E-state index contributed by atoms with van der Waals surface area (Å²) in [5.41, 5.74) is -1.45. The van der Waals surface area contributed by atoms with E-state index in [1.54, 1.807) is 19.1 Å². The molecule has 3 aromatic rings. The summed E-state index contributed by atoms with van der Waals surface area (Å²) in [5, 5.41) is 16.6. The number of benzene rings is 2. The summed E-state index contributed by atoms with van der Waals surface area (Å²) in [5.74, 6) is -1.35. The van der Waals surface area contributed by atoms with Crippen LogP contribution >= 0.6 is 0 Å². The molecule has 14 heteroatoms. The molecule has 1 aromatic heterocycles. The largest absolute Gasteiger partial charge is 0.497 e. The Morgan fingerprint density at radius 3 is 2.41 bits per heavy atom. The highest BCUT2D eigenvalue weighted by Gasteiger charge is 2.59. The number of fused-ring (bicyclic) bond motifs is 1. The Hall–Kier alpha value is -4.71. The number of methoxy groups -OCH3 is 2. The van der Waals surface area contributed by atoms with E-state index in [1.807, 2.05) is 0 Å². The number of aromatic nitrogens is 1. The maximum Gasteiger partial charge on any atom is 0.276 e. The van der Waals surface area contributed by atoms with Gasteiger partial charge in [0.1, 0.15) is 16.4 Å². The number of carbonyl (C=O) groups is 2. The smallest absolute Gasteiger partial charge is 0.276 e. The van der Waals surface area contributed by atoms with Gasteiger partial charge in [-0.2, -0.15) is 9.57 Å². The van der Waals surface area contributed by atoms with Crippen LogP contribution in [0.3, 0.4) is 0 Å². The first-order chi connectivity index (χ1) is 26.1. The molecule has 1 unspecified atom stereocenters. The summed E-state index contributed by atoms with van der Waals surface area (Å²) in [4.78, 5) is 36.7. The molecule has 1 atom stereocenters. The van der Waals surface area contributed by atoms with Crippen LogP contribution in [0.15, 0.2) is 59.6 Å². The highest BCUT2D eigenvalue weighted by molar-refractivity contribution is 7.93. The average Bonchev–Trinajstić information content (AvgIpc) is 3.45. The Labute approximate surface area is 317 Å². The van der Waals surface area contributed by atoms with E-state index in [0.29, 0.717) is 28.9 Å². The first kappa shape index (κ1) is 37.6. The number of ether oxygens (including phenoxy) is 3. The van der Waals surface area contributed by atoms with Gasteiger partial charge in [-0.05, 0) is 132 Å². The number of nitrogens with one attached hydrogen (secondary N) is 2. The third-order valence-electron chi connectivity index (χ3n) is 12.0. The quantitative estimate of drug-likeness (QED) is 0.300. The Morgan fingerprint density at radius 2 is 1.74 bits per heavy atom. The van der Waals surface area contributed by atoms with Crippen LogP contribution in [0.5, 0.6) is 17.4 Å². The summed E-state index contributed by atoms with van der Waals surface area (Å²) in [6.45, 7) is 6.24. The lowest BCUT2D eigenvalue weighted by molar-refractivity contribution is -0.133. The lowest BCUT2D eigenvalue weighted by Gasteiger charge is -2.48. The fourth-order valence-corrected chi connectivity index (χ4v) is 10.6. The van der Waals surface area contributed by atoms with E-state index in [4.69, 9.17) is 14.2 Å². The summed E-state index contributed by atoms with van der Waals surface area (Å²) >= 11 is 0. The molecule has 0 radical (unpaired) electrons. The maximum absolute atomic E-state index is 15.3. The predicted molar refractivity (Wildman–Crippen MR) is 201 cm³/mol. The zero-order valence-corrected chi connectivity index (χ0v) is 31.9. The number of pyridine rings is 1. The van der Waals surface area contributed by atoms with E-state index < -0.39 is 27.4 Å². The Balaban J connectivity index is 1.25. The van der Waals surface area contributed by atoms with Crippen molar-refractivity contribution in [1.29, 1.82) is 5.26 Å². The van der Waals surface area contributed by atoms with Crippen molar-refractivity contribution < 1.29 is 32.2 Å². The zero-order valence-electron chi connectivity index (χ0n) is 31.1. The minimum absolute atomic E-state index is 0.00780. The van der Waals surface area contributed by atoms with Crippen molar-refractivity contribution in [3.05, 3.63) is 71.4 Å². The van der Waals surface area contributed by atoms with E-state index in [-0.39, 0.29) is 56.8 Å². The molecular weight excluding hydrogens is 709 g/mol. The van der Waals surface area contributed by atoms with Crippen molar-refractivity contribution in [3.63, 3.8) is 0 Å². The number of piperidine rings is 2. The maximum atomic E-state index is 15.3. The molecular formula is C40H48N6O7S. The van der Waals surface area contributed by atoms with Crippen molar-refractivity contribution >= 4 is 27.5 Å². The monoisotopic (exact) mass is 756 g/mol. The van der Waals surface area contributed by atoms with Gasteiger partial charge in [0.2, 0.25) is 11.8 Å². The predicted octanol–water partition coefficient (Wildman–Crippen LogP) is 4.49. The summed E-state index contributed by atoms with van der Waals surface area (Å²) in [6.07, 6.45) is 9.16. The molecule has 2 saturated heterocycles. The number of carbonyl (C=O) groups excluding carboxylic acids is 2.